The average Bonchev–Trinajstić information content (AvgIpc) is 4.04. The predicted octanol–water partition coefficient (Wildman–Crippen LogP) is 9.39. The van der Waals surface area contributed by atoms with E-state index in [1.807, 2.05) is 12.1 Å². The molecular formula is C38H22Cl4F6N12. The lowest BCUT2D eigenvalue weighted by molar-refractivity contribution is -0.183. The molecule has 6 heterocycles. The smallest absolute Gasteiger partial charge is 0.288 e. The number of hydrogen-bond acceptors (Lipinski definition) is 10. The van der Waals surface area contributed by atoms with Crippen LogP contribution in [0.2, 0.25) is 20.6 Å². The van der Waals surface area contributed by atoms with Crippen LogP contribution in [-0.2, 0) is 10.8 Å². The van der Waals surface area contributed by atoms with Crippen LogP contribution >= 0.6 is 46.4 Å². The van der Waals surface area contributed by atoms with E-state index in [0.29, 0.717) is 22.5 Å². The van der Waals surface area contributed by atoms with Gasteiger partial charge in [0, 0.05) is 18.3 Å². The van der Waals surface area contributed by atoms with Gasteiger partial charge in [-0.3, -0.25) is 9.98 Å². The summed E-state index contributed by atoms with van der Waals surface area (Å²) in [5.74, 6) is 0. The van der Waals surface area contributed by atoms with Crippen LogP contribution < -0.4 is 0 Å². The molecule has 0 N–H and O–H groups in total. The monoisotopic (exact) mass is 900 g/mol. The van der Waals surface area contributed by atoms with Crippen molar-refractivity contribution < 1.29 is 26.3 Å². The molecular weight excluding hydrogens is 880 g/mol. The summed E-state index contributed by atoms with van der Waals surface area (Å²) in [7, 11) is 0. The largest absolute Gasteiger partial charge is 0.403 e. The van der Waals surface area contributed by atoms with Crippen LogP contribution in [0.4, 0.5) is 26.3 Å². The van der Waals surface area contributed by atoms with Crippen LogP contribution in [0.5, 0.6) is 0 Å². The Morgan fingerprint density at radius 2 is 1.22 bits per heavy atom. The first-order chi connectivity index (χ1) is 28.5. The summed E-state index contributed by atoms with van der Waals surface area (Å²) in [4.78, 5) is 23.4. The van der Waals surface area contributed by atoms with Gasteiger partial charge in [-0.15, -0.1) is 0 Å². The number of hydrogen-bond donors (Lipinski definition) is 0. The molecule has 2 aliphatic rings. The van der Waals surface area contributed by atoms with Crippen LogP contribution in [0.15, 0.2) is 96.0 Å². The molecule has 0 saturated heterocycles. The Labute approximate surface area is 355 Å². The maximum Gasteiger partial charge on any atom is 0.403 e. The van der Waals surface area contributed by atoms with Gasteiger partial charge in [0.15, 0.2) is 0 Å². The van der Waals surface area contributed by atoms with Gasteiger partial charge in [0.25, 0.3) is 0 Å². The molecule has 3 atom stereocenters. The maximum absolute atomic E-state index is 14.2. The highest BCUT2D eigenvalue weighted by Crippen LogP contribution is 2.51. The predicted molar refractivity (Wildman–Crippen MR) is 208 cm³/mol. The number of alkyl halides is 6. The molecule has 2 aliphatic heterocycles. The SMILES string of the molecule is N#Cc1cc(C2=NCC(c3cc(Cl)nc(Cl)c3)(C(F)(F)F)C2)ccc1-n1cncn1.N#Cc1cc(C2CC(c3cc(Cl)nc(Cl)c3)(C(F)(F)F)C=N2)ccc1-n1cncn1. The van der Waals surface area contributed by atoms with E-state index < -0.39 is 42.2 Å². The van der Waals surface area contributed by atoms with Gasteiger partial charge in [0.1, 0.15) is 68.9 Å². The maximum atomic E-state index is 14.2. The van der Waals surface area contributed by atoms with E-state index in [0.717, 1.165) is 30.5 Å². The lowest BCUT2D eigenvalue weighted by Crippen LogP contribution is -2.43. The second-order valence-corrected chi connectivity index (χ2v) is 15.0. The van der Waals surface area contributed by atoms with Gasteiger partial charge in [-0.25, -0.2) is 29.3 Å². The quantitative estimate of drug-likeness (QED) is 0.118. The number of benzene rings is 2. The number of pyridine rings is 2. The fourth-order valence-corrected chi connectivity index (χ4v) is 7.85. The normalized spacial score (nSPS) is 19.9. The Morgan fingerprint density at radius 3 is 1.72 bits per heavy atom. The number of nitriles is 2. The molecule has 60 heavy (non-hydrogen) atoms. The van der Waals surface area contributed by atoms with Crippen LogP contribution in [0, 0.1) is 22.7 Å². The molecule has 0 aliphatic carbocycles. The summed E-state index contributed by atoms with van der Waals surface area (Å²) in [6, 6.07) is 17.3. The van der Waals surface area contributed by atoms with Crippen molar-refractivity contribution in [2.45, 2.75) is 42.1 Å². The number of aliphatic imine (C=N–C) groups is 2. The van der Waals surface area contributed by atoms with E-state index in [9.17, 15) is 36.9 Å². The van der Waals surface area contributed by atoms with E-state index in [-0.39, 0.29) is 55.0 Å². The number of rotatable bonds is 6. The van der Waals surface area contributed by atoms with E-state index in [1.54, 1.807) is 24.3 Å². The molecule has 4 aromatic heterocycles. The summed E-state index contributed by atoms with van der Waals surface area (Å²) in [5.41, 5.74) is -2.34. The summed E-state index contributed by atoms with van der Waals surface area (Å²) in [5, 5.41) is 26.4. The molecule has 8 rings (SSSR count). The van der Waals surface area contributed by atoms with Gasteiger partial charge in [-0.05, 0) is 77.2 Å². The molecule has 3 unspecified atom stereocenters. The van der Waals surface area contributed by atoms with Gasteiger partial charge in [0.05, 0.1) is 35.1 Å². The van der Waals surface area contributed by atoms with Gasteiger partial charge >= 0.3 is 12.4 Å². The zero-order valence-electron chi connectivity index (χ0n) is 30.0. The van der Waals surface area contributed by atoms with Crippen molar-refractivity contribution in [1.29, 1.82) is 10.5 Å². The van der Waals surface area contributed by atoms with Gasteiger partial charge in [-0.1, -0.05) is 58.5 Å². The molecule has 6 aromatic rings. The molecule has 0 bridgehead atoms. The molecule has 12 nitrogen and oxygen atoms in total. The number of aromatic nitrogens is 8. The minimum Gasteiger partial charge on any atom is -0.288 e. The summed E-state index contributed by atoms with van der Waals surface area (Å²) in [6.07, 6.45) is -3.68. The number of halogens is 10. The summed E-state index contributed by atoms with van der Waals surface area (Å²) in [6.45, 7) is -0.519. The van der Waals surface area contributed by atoms with E-state index in [2.05, 4.69) is 40.1 Å². The Hall–Kier alpha value is -5.92. The third-order valence-electron chi connectivity index (χ3n) is 9.95. The lowest BCUT2D eigenvalue weighted by atomic mass is 9.77. The Kier molecular flexibility index (Phi) is 11.4. The molecule has 0 saturated carbocycles. The van der Waals surface area contributed by atoms with Gasteiger partial charge < -0.3 is 0 Å². The fourth-order valence-electron chi connectivity index (χ4n) is 6.93. The van der Waals surface area contributed by atoms with Crippen LogP contribution in [0.3, 0.4) is 0 Å². The van der Waals surface area contributed by atoms with Crippen molar-refractivity contribution in [2.75, 3.05) is 6.54 Å². The van der Waals surface area contributed by atoms with Crippen molar-refractivity contribution in [3.63, 3.8) is 0 Å². The first kappa shape index (κ1) is 42.2. The third kappa shape index (κ3) is 8.03. The zero-order chi connectivity index (χ0) is 43.0. The minimum absolute atomic E-state index is 0.0986. The molecule has 0 radical (unpaired) electrons. The Bertz CT molecular complexity index is 2690. The average molecular weight is 902 g/mol. The van der Waals surface area contributed by atoms with Gasteiger partial charge in [-0.2, -0.15) is 47.1 Å². The summed E-state index contributed by atoms with van der Waals surface area (Å²) < 4.78 is 87.9. The first-order valence-electron chi connectivity index (χ1n) is 17.1. The first-order valence-corrected chi connectivity index (χ1v) is 18.6. The second-order valence-electron chi connectivity index (χ2n) is 13.4. The molecule has 0 amide bonds. The second kappa shape index (κ2) is 16.3. The van der Waals surface area contributed by atoms with Crippen LogP contribution in [-0.4, -0.2) is 70.3 Å². The van der Waals surface area contributed by atoms with E-state index in [1.165, 1.54) is 46.8 Å². The molecule has 2 aromatic carbocycles. The molecule has 304 valence electrons. The highest BCUT2D eigenvalue weighted by molar-refractivity contribution is 6.33. The van der Waals surface area contributed by atoms with Crippen molar-refractivity contribution in [3.05, 3.63) is 140 Å². The highest BCUT2D eigenvalue weighted by Gasteiger charge is 2.59. The van der Waals surface area contributed by atoms with Crippen LogP contribution in [0.25, 0.3) is 11.4 Å². The lowest BCUT2D eigenvalue weighted by Gasteiger charge is -2.31. The topological polar surface area (TPSA) is 160 Å². The van der Waals surface area contributed by atoms with Crippen molar-refractivity contribution >= 4 is 58.3 Å². The third-order valence-corrected chi connectivity index (χ3v) is 10.7. The number of nitrogens with zero attached hydrogens (tertiary/aromatic N) is 12. The van der Waals surface area contributed by atoms with Crippen molar-refractivity contribution in [3.8, 4) is 23.5 Å². The zero-order valence-corrected chi connectivity index (χ0v) is 33.0. The van der Waals surface area contributed by atoms with Crippen LogP contribution in [0.1, 0.15) is 52.3 Å². The Morgan fingerprint density at radius 1 is 0.683 bits per heavy atom. The molecule has 22 heteroatoms. The minimum atomic E-state index is -4.64. The molecule has 0 fully saturated rings. The highest BCUT2D eigenvalue weighted by atomic mass is 35.5. The molecule has 0 spiro atoms. The van der Waals surface area contributed by atoms with Crippen molar-refractivity contribution in [2.24, 2.45) is 9.98 Å². The standard InChI is InChI=1S/2C19H11Cl2F3N6/c2*20-16-4-13(5-17(21)29-16)18(19(22,23)24)6-14(27-8-18)11-1-2-15(12(3-11)7-25)30-10-26-9-28-30/h1-5,9-10H,6,8H2;1-5,8-10,14H,6H2. The van der Waals surface area contributed by atoms with E-state index >= 15 is 0 Å². The van der Waals surface area contributed by atoms with Crippen molar-refractivity contribution in [1.82, 2.24) is 39.5 Å². The summed E-state index contributed by atoms with van der Waals surface area (Å²) >= 11 is 23.4. The Balaban J connectivity index is 0.000000181. The van der Waals surface area contributed by atoms with E-state index in [4.69, 9.17) is 46.4 Å². The fraction of sp³-hybridized carbons (Fsp3) is 0.211. The van der Waals surface area contributed by atoms with Gasteiger partial charge in [0.2, 0.25) is 0 Å².